The van der Waals surface area contributed by atoms with Crippen LogP contribution in [0.5, 0.6) is 0 Å². The predicted molar refractivity (Wildman–Crippen MR) is 53.1 cm³/mol. The van der Waals surface area contributed by atoms with E-state index in [4.69, 9.17) is 0 Å². The Labute approximate surface area is 88.0 Å². The van der Waals surface area contributed by atoms with E-state index < -0.39 is 0 Å². The first-order valence-electron chi connectivity index (χ1n) is 5.07. The molecule has 82 valence electrons. The zero-order chi connectivity index (χ0) is 10.9. The van der Waals surface area contributed by atoms with E-state index in [1.54, 1.807) is 7.05 Å². The van der Waals surface area contributed by atoms with Gasteiger partial charge in [0.2, 0.25) is 0 Å². The van der Waals surface area contributed by atoms with Gasteiger partial charge < -0.3 is 5.32 Å². The summed E-state index contributed by atoms with van der Waals surface area (Å²) in [6.07, 6.45) is 1.18. The third kappa shape index (κ3) is 2.04. The van der Waals surface area contributed by atoms with E-state index in [-0.39, 0.29) is 17.6 Å². The van der Waals surface area contributed by atoms with Crippen molar-refractivity contribution in [3.8, 4) is 0 Å². The van der Waals surface area contributed by atoms with E-state index in [9.17, 15) is 4.79 Å². The molecule has 0 bridgehead atoms. The Balaban J connectivity index is 2.03. The van der Waals surface area contributed by atoms with Gasteiger partial charge in [-0.15, -0.1) is 10.2 Å². The monoisotopic (exact) mass is 209 g/mol. The van der Waals surface area contributed by atoms with Gasteiger partial charge in [0.1, 0.15) is 5.78 Å². The van der Waals surface area contributed by atoms with Gasteiger partial charge in [0.05, 0.1) is 13.5 Å². The lowest BCUT2D eigenvalue weighted by atomic mass is 9.83. The molecule has 1 aliphatic rings. The van der Waals surface area contributed by atoms with Crippen LogP contribution in [0.15, 0.2) is 0 Å². The van der Waals surface area contributed by atoms with Crippen LogP contribution in [-0.2, 0) is 18.3 Å². The Hall–Kier alpha value is -1.30. The molecule has 0 spiro atoms. The zero-order valence-corrected chi connectivity index (χ0v) is 9.03. The van der Waals surface area contributed by atoms with Gasteiger partial charge in [0.25, 0.3) is 0 Å². The van der Waals surface area contributed by atoms with E-state index in [0.717, 1.165) is 19.5 Å². The fourth-order valence-corrected chi connectivity index (χ4v) is 1.81. The zero-order valence-electron chi connectivity index (χ0n) is 9.03. The number of carbonyl (C=O) groups excluding carboxylic acids is 1. The summed E-state index contributed by atoms with van der Waals surface area (Å²) in [5.41, 5.74) is -0.251. The number of ketones is 1. The summed E-state index contributed by atoms with van der Waals surface area (Å²) in [6.45, 7) is 3.66. The Morgan fingerprint density at radius 3 is 3.00 bits per heavy atom. The minimum Gasteiger partial charge on any atom is -0.316 e. The maximum absolute atomic E-state index is 12.0. The fourth-order valence-electron chi connectivity index (χ4n) is 1.81. The first-order valence-corrected chi connectivity index (χ1v) is 5.07. The SMILES string of the molecule is Cn1nnc(CC(=O)C2(C)CCNC2)n1. The molecule has 0 radical (unpaired) electrons. The van der Waals surface area contributed by atoms with Crippen molar-refractivity contribution in [3.05, 3.63) is 5.82 Å². The van der Waals surface area contributed by atoms with Gasteiger partial charge in [-0.3, -0.25) is 4.79 Å². The second-order valence-corrected chi connectivity index (χ2v) is 4.28. The lowest BCUT2D eigenvalue weighted by molar-refractivity contribution is -0.126. The first-order chi connectivity index (χ1) is 7.10. The van der Waals surface area contributed by atoms with Crippen LogP contribution in [0.25, 0.3) is 0 Å². The Kier molecular flexibility index (Phi) is 2.52. The molecular weight excluding hydrogens is 194 g/mol. The van der Waals surface area contributed by atoms with Crippen LogP contribution in [0.4, 0.5) is 0 Å². The van der Waals surface area contributed by atoms with Crippen molar-refractivity contribution in [1.82, 2.24) is 25.5 Å². The quantitative estimate of drug-likeness (QED) is 0.714. The van der Waals surface area contributed by atoms with E-state index in [1.165, 1.54) is 4.80 Å². The van der Waals surface area contributed by atoms with Crippen LogP contribution in [0.2, 0.25) is 0 Å². The van der Waals surface area contributed by atoms with Crippen LogP contribution < -0.4 is 5.32 Å². The average molecular weight is 209 g/mol. The molecule has 1 fully saturated rings. The van der Waals surface area contributed by atoms with E-state index in [2.05, 4.69) is 20.7 Å². The Bertz CT molecular complexity index is 366. The van der Waals surface area contributed by atoms with Gasteiger partial charge in [-0.25, -0.2) is 0 Å². The van der Waals surface area contributed by atoms with Crippen molar-refractivity contribution >= 4 is 5.78 Å². The molecule has 0 amide bonds. The maximum atomic E-state index is 12.0. The Morgan fingerprint density at radius 1 is 1.67 bits per heavy atom. The number of hydrogen-bond acceptors (Lipinski definition) is 5. The molecule has 0 aromatic carbocycles. The smallest absolute Gasteiger partial charge is 0.182 e. The maximum Gasteiger partial charge on any atom is 0.182 e. The van der Waals surface area contributed by atoms with Gasteiger partial charge in [-0.1, -0.05) is 6.92 Å². The molecule has 6 nitrogen and oxygen atoms in total. The number of hydrogen-bond donors (Lipinski definition) is 1. The van der Waals surface area contributed by atoms with Crippen LogP contribution in [-0.4, -0.2) is 39.1 Å². The molecule has 6 heteroatoms. The van der Waals surface area contributed by atoms with Crippen LogP contribution in [0, 0.1) is 5.41 Å². The van der Waals surface area contributed by atoms with Gasteiger partial charge in [0, 0.05) is 12.0 Å². The molecule has 1 saturated heterocycles. The number of nitrogens with zero attached hydrogens (tertiary/aromatic N) is 4. The number of Topliss-reactive ketones (excluding diaryl/α,β-unsaturated/α-hetero) is 1. The second-order valence-electron chi connectivity index (χ2n) is 4.28. The molecule has 0 aliphatic carbocycles. The third-order valence-electron chi connectivity index (χ3n) is 2.91. The van der Waals surface area contributed by atoms with Crippen molar-refractivity contribution in [1.29, 1.82) is 0 Å². The molecule has 1 N–H and O–H groups in total. The largest absolute Gasteiger partial charge is 0.316 e. The highest BCUT2D eigenvalue weighted by atomic mass is 16.1. The number of aromatic nitrogens is 4. The number of nitrogens with one attached hydrogen (secondary N) is 1. The molecule has 0 saturated carbocycles. The first kappa shape index (κ1) is 10.2. The minimum absolute atomic E-state index is 0.195. The van der Waals surface area contributed by atoms with Crippen molar-refractivity contribution in [2.75, 3.05) is 13.1 Å². The minimum atomic E-state index is -0.251. The van der Waals surface area contributed by atoms with E-state index in [0.29, 0.717) is 5.82 Å². The molecule has 15 heavy (non-hydrogen) atoms. The van der Waals surface area contributed by atoms with Crippen LogP contribution >= 0.6 is 0 Å². The normalized spacial score (nSPS) is 25.7. The number of aryl methyl sites for hydroxylation is 1. The van der Waals surface area contributed by atoms with Gasteiger partial charge in [-0.2, -0.15) is 4.80 Å². The van der Waals surface area contributed by atoms with Gasteiger partial charge in [-0.05, 0) is 18.2 Å². The molecule has 1 aromatic heterocycles. The summed E-state index contributed by atoms with van der Waals surface area (Å²) in [5.74, 6) is 0.705. The van der Waals surface area contributed by atoms with E-state index >= 15 is 0 Å². The van der Waals surface area contributed by atoms with Crippen molar-refractivity contribution in [3.63, 3.8) is 0 Å². The highest BCUT2D eigenvalue weighted by Gasteiger charge is 2.36. The summed E-state index contributed by atoms with van der Waals surface area (Å²) in [7, 11) is 1.69. The molecule has 1 aliphatic heterocycles. The molecular formula is C9H15N5O. The summed E-state index contributed by atoms with van der Waals surface area (Å²) in [5, 5.41) is 14.7. The summed E-state index contributed by atoms with van der Waals surface area (Å²) < 4.78 is 0. The number of rotatable bonds is 3. The highest BCUT2D eigenvalue weighted by Crippen LogP contribution is 2.26. The van der Waals surface area contributed by atoms with Crippen molar-refractivity contribution in [2.24, 2.45) is 12.5 Å². The Morgan fingerprint density at radius 2 is 2.47 bits per heavy atom. The molecule has 1 aromatic rings. The molecule has 1 atom stereocenters. The lowest BCUT2D eigenvalue weighted by Crippen LogP contribution is -2.31. The number of tetrazole rings is 1. The molecule has 2 rings (SSSR count). The topological polar surface area (TPSA) is 72.7 Å². The van der Waals surface area contributed by atoms with Gasteiger partial charge in [0.15, 0.2) is 5.82 Å². The second kappa shape index (κ2) is 3.69. The predicted octanol–water partition coefficient (Wildman–Crippen LogP) is -0.679. The fraction of sp³-hybridized carbons (Fsp3) is 0.778. The molecule has 1 unspecified atom stereocenters. The van der Waals surface area contributed by atoms with Gasteiger partial charge >= 0.3 is 0 Å². The third-order valence-corrected chi connectivity index (χ3v) is 2.91. The highest BCUT2D eigenvalue weighted by molar-refractivity contribution is 5.86. The summed E-state index contributed by atoms with van der Waals surface area (Å²) in [4.78, 5) is 13.4. The average Bonchev–Trinajstić information content (AvgIpc) is 2.76. The summed E-state index contributed by atoms with van der Waals surface area (Å²) >= 11 is 0. The van der Waals surface area contributed by atoms with Crippen LogP contribution in [0.1, 0.15) is 19.2 Å². The van der Waals surface area contributed by atoms with Crippen LogP contribution in [0.3, 0.4) is 0 Å². The summed E-state index contributed by atoms with van der Waals surface area (Å²) in [6, 6.07) is 0. The lowest BCUT2D eigenvalue weighted by Gasteiger charge is -2.19. The standard InChI is InChI=1S/C9H15N5O/c1-9(3-4-10-6-9)7(15)5-8-11-13-14(2)12-8/h10H,3-6H2,1-2H3. The van der Waals surface area contributed by atoms with E-state index in [1.807, 2.05) is 6.92 Å². The molecule has 2 heterocycles. The van der Waals surface area contributed by atoms with Crippen molar-refractivity contribution in [2.45, 2.75) is 19.8 Å². The van der Waals surface area contributed by atoms with Crippen molar-refractivity contribution < 1.29 is 4.79 Å². The number of carbonyl (C=O) groups is 1.